The van der Waals surface area contributed by atoms with Crippen molar-refractivity contribution >= 4 is 17.9 Å². The first-order chi connectivity index (χ1) is 15.4. The predicted molar refractivity (Wildman–Crippen MR) is 130 cm³/mol. The molecule has 1 aliphatic rings. The van der Waals surface area contributed by atoms with Crippen molar-refractivity contribution < 1.29 is 19.1 Å². The summed E-state index contributed by atoms with van der Waals surface area (Å²) in [6.45, 7) is 13.2. The molecule has 0 aliphatic heterocycles. The second-order valence-corrected chi connectivity index (χ2v) is 10.4. The molecule has 7 nitrogen and oxygen atoms in total. The van der Waals surface area contributed by atoms with Gasteiger partial charge in [-0.2, -0.15) is 0 Å². The largest absolute Gasteiger partial charge is 0.444 e. The van der Waals surface area contributed by atoms with Crippen LogP contribution in [0.3, 0.4) is 0 Å². The van der Waals surface area contributed by atoms with Crippen LogP contribution in [0, 0.1) is 5.92 Å². The maximum atomic E-state index is 13.9. The maximum Gasteiger partial charge on any atom is 0.408 e. The van der Waals surface area contributed by atoms with E-state index in [-0.39, 0.29) is 29.8 Å². The van der Waals surface area contributed by atoms with Gasteiger partial charge in [0.15, 0.2) is 0 Å². The van der Waals surface area contributed by atoms with Gasteiger partial charge in [0.1, 0.15) is 17.7 Å². The Morgan fingerprint density at radius 3 is 2.15 bits per heavy atom. The van der Waals surface area contributed by atoms with Crippen LogP contribution in [0.2, 0.25) is 0 Å². The number of rotatable bonds is 10. The van der Waals surface area contributed by atoms with Gasteiger partial charge in [-0.15, -0.1) is 0 Å². The van der Waals surface area contributed by atoms with Crippen molar-refractivity contribution in [3.8, 4) is 0 Å². The van der Waals surface area contributed by atoms with Gasteiger partial charge in [0.05, 0.1) is 0 Å². The number of carbonyl (C=O) groups is 3. The SMILES string of the molecule is CCCC(C)NC(=O)C(c1ccccc1)N(C(=O)C(NC(=O)OC(C)(C)C)C(C)C)C1CC1. The average Bonchev–Trinajstić information content (AvgIpc) is 3.53. The van der Waals surface area contributed by atoms with E-state index in [1.807, 2.05) is 51.1 Å². The van der Waals surface area contributed by atoms with Gasteiger partial charge in [0.25, 0.3) is 0 Å². The maximum absolute atomic E-state index is 13.9. The van der Waals surface area contributed by atoms with Crippen molar-refractivity contribution in [2.45, 2.75) is 104 Å². The molecule has 2 N–H and O–H groups in total. The molecule has 0 saturated heterocycles. The third-order valence-electron chi connectivity index (χ3n) is 5.55. The van der Waals surface area contributed by atoms with E-state index < -0.39 is 23.8 Å². The molecule has 1 aromatic carbocycles. The second-order valence-electron chi connectivity index (χ2n) is 10.4. The zero-order valence-electron chi connectivity index (χ0n) is 21.2. The molecule has 1 fully saturated rings. The first-order valence-corrected chi connectivity index (χ1v) is 12.1. The fourth-order valence-corrected chi connectivity index (χ4v) is 3.88. The van der Waals surface area contributed by atoms with Gasteiger partial charge in [-0.25, -0.2) is 4.79 Å². The van der Waals surface area contributed by atoms with Crippen LogP contribution in [0.15, 0.2) is 30.3 Å². The molecule has 0 spiro atoms. The Hall–Kier alpha value is -2.57. The van der Waals surface area contributed by atoms with Crippen molar-refractivity contribution in [2.24, 2.45) is 5.92 Å². The third-order valence-corrected chi connectivity index (χ3v) is 5.55. The molecule has 33 heavy (non-hydrogen) atoms. The molecule has 0 heterocycles. The Kier molecular flexibility index (Phi) is 9.32. The van der Waals surface area contributed by atoms with E-state index >= 15 is 0 Å². The van der Waals surface area contributed by atoms with Gasteiger partial charge in [-0.1, -0.05) is 57.5 Å². The van der Waals surface area contributed by atoms with Gasteiger partial charge in [0, 0.05) is 12.1 Å². The normalized spacial score (nSPS) is 16.5. The summed E-state index contributed by atoms with van der Waals surface area (Å²) < 4.78 is 5.40. The van der Waals surface area contributed by atoms with Gasteiger partial charge < -0.3 is 20.3 Å². The summed E-state index contributed by atoms with van der Waals surface area (Å²) in [5.41, 5.74) is 0.0888. The second kappa shape index (κ2) is 11.5. The summed E-state index contributed by atoms with van der Waals surface area (Å²) >= 11 is 0. The lowest BCUT2D eigenvalue weighted by molar-refractivity contribution is -0.144. The summed E-state index contributed by atoms with van der Waals surface area (Å²) in [4.78, 5) is 41.5. The quantitative estimate of drug-likeness (QED) is 0.536. The molecule has 184 valence electrons. The van der Waals surface area contributed by atoms with E-state index in [1.54, 1.807) is 25.7 Å². The first-order valence-electron chi connectivity index (χ1n) is 12.1. The lowest BCUT2D eigenvalue weighted by Gasteiger charge is -2.36. The number of ether oxygens (including phenoxy) is 1. The first kappa shape index (κ1) is 26.7. The summed E-state index contributed by atoms with van der Waals surface area (Å²) in [6.07, 6.45) is 2.86. The summed E-state index contributed by atoms with van der Waals surface area (Å²) in [6, 6.07) is 7.81. The van der Waals surface area contributed by atoms with E-state index in [9.17, 15) is 14.4 Å². The number of nitrogens with one attached hydrogen (secondary N) is 2. The monoisotopic (exact) mass is 459 g/mol. The van der Waals surface area contributed by atoms with E-state index in [1.165, 1.54) is 0 Å². The minimum Gasteiger partial charge on any atom is -0.444 e. The number of hydrogen-bond donors (Lipinski definition) is 2. The number of hydrogen-bond acceptors (Lipinski definition) is 4. The van der Waals surface area contributed by atoms with Crippen LogP contribution in [0.4, 0.5) is 4.79 Å². The Bertz CT molecular complexity index is 800. The van der Waals surface area contributed by atoms with Crippen LogP contribution in [-0.4, -0.2) is 46.5 Å². The van der Waals surface area contributed by atoms with Gasteiger partial charge in [-0.3, -0.25) is 9.59 Å². The average molecular weight is 460 g/mol. The van der Waals surface area contributed by atoms with Crippen molar-refractivity contribution in [1.29, 1.82) is 0 Å². The smallest absolute Gasteiger partial charge is 0.408 e. The van der Waals surface area contributed by atoms with Crippen molar-refractivity contribution in [3.05, 3.63) is 35.9 Å². The van der Waals surface area contributed by atoms with Crippen LogP contribution < -0.4 is 10.6 Å². The lowest BCUT2D eigenvalue weighted by atomic mass is 9.98. The van der Waals surface area contributed by atoms with Crippen molar-refractivity contribution in [2.75, 3.05) is 0 Å². The highest BCUT2D eigenvalue weighted by molar-refractivity contribution is 5.92. The number of alkyl carbamates (subject to hydrolysis) is 1. The minimum atomic E-state index is -0.799. The molecule has 3 atom stereocenters. The zero-order chi connectivity index (χ0) is 24.8. The molecule has 3 amide bonds. The van der Waals surface area contributed by atoms with Crippen LogP contribution in [-0.2, 0) is 14.3 Å². The van der Waals surface area contributed by atoms with Crippen LogP contribution in [0.5, 0.6) is 0 Å². The molecular weight excluding hydrogens is 418 g/mol. The molecule has 1 aromatic rings. The van der Waals surface area contributed by atoms with Gasteiger partial charge in [-0.05, 0) is 58.4 Å². The van der Waals surface area contributed by atoms with E-state index in [0.717, 1.165) is 31.2 Å². The Balaban J connectivity index is 2.37. The van der Waals surface area contributed by atoms with Gasteiger partial charge in [0.2, 0.25) is 11.8 Å². The number of nitrogens with zero attached hydrogens (tertiary/aromatic N) is 1. The molecule has 2 rings (SSSR count). The molecule has 1 aliphatic carbocycles. The van der Waals surface area contributed by atoms with E-state index in [0.29, 0.717) is 0 Å². The fourth-order valence-electron chi connectivity index (χ4n) is 3.88. The van der Waals surface area contributed by atoms with Crippen LogP contribution in [0.1, 0.15) is 85.8 Å². The Morgan fingerprint density at radius 1 is 1.06 bits per heavy atom. The summed E-state index contributed by atoms with van der Waals surface area (Å²) in [5.74, 6) is -0.627. The fraction of sp³-hybridized carbons (Fsp3) is 0.654. The van der Waals surface area contributed by atoms with Gasteiger partial charge >= 0.3 is 6.09 Å². The molecule has 3 unspecified atom stereocenters. The predicted octanol–water partition coefficient (Wildman–Crippen LogP) is 4.57. The molecule has 0 radical (unpaired) electrons. The van der Waals surface area contributed by atoms with Crippen LogP contribution >= 0.6 is 0 Å². The highest BCUT2D eigenvalue weighted by Gasteiger charge is 2.44. The third kappa shape index (κ3) is 8.06. The lowest BCUT2D eigenvalue weighted by Crippen LogP contribution is -2.56. The number of carbonyl (C=O) groups excluding carboxylic acids is 3. The molecule has 7 heteroatoms. The van der Waals surface area contributed by atoms with Crippen LogP contribution in [0.25, 0.3) is 0 Å². The standard InChI is InChI=1S/C26H41N3O4/c1-8-12-18(4)27-23(30)22(19-13-10-9-11-14-19)29(20-15-16-20)24(31)21(17(2)3)28-25(32)33-26(5,6)7/h9-11,13-14,17-18,20-22H,8,12,15-16H2,1-7H3,(H,27,30)(H,28,32). The highest BCUT2D eigenvalue weighted by Crippen LogP contribution is 2.36. The molecule has 1 saturated carbocycles. The Morgan fingerprint density at radius 2 is 1.67 bits per heavy atom. The number of amides is 3. The van der Waals surface area contributed by atoms with Crippen molar-refractivity contribution in [3.63, 3.8) is 0 Å². The van der Waals surface area contributed by atoms with E-state index in [2.05, 4.69) is 17.6 Å². The van der Waals surface area contributed by atoms with Crippen molar-refractivity contribution in [1.82, 2.24) is 15.5 Å². The number of benzene rings is 1. The summed E-state index contributed by atoms with van der Waals surface area (Å²) in [7, 11) is 0. The molecular formula is C26H41N3O4. The molecule has 0 bridgehead atoms. The highest BCUT2D eigenvalue weighted by atomic mass is 16.6. The minimum absolute atomic E-state index is 0.00523. The van der Waals surface area contributed by atoms with E-state index in [4.69, 9.17) is 4.74 Å². The topological polar surface area (TPSA) is 87.7 Å². The molecule has 0 aromatic heterocycles. The Labute approximate surface area is 198 Å². The summed E-state index contributed by atoms with van der Waals surface area (Å²) in [5, 5.41) is 5.85. The zero-order valence-corrected chi connectivity index (χ0v) is 21.2.